The highest BCUT2D eigenvalue weighted by atomic mass is 16.6. The van der Waals surface area contributed by atoms with Gasteiger partial charge in [-0.25, -0.2) is 9.97 Å². The molecule has 0 saturated carbocycles. The number of methoxy groups -OCH3 is 1. The fraction of sp³-hybridized carbons (Fsp3) is 0.600. The number of anilines is 2. The predicted octanol–water partition coefficient (Wildman–Crippen LogP) is 1.20. The standard InChI is InChI=1S/C10H17N5O3/c1-18-6-4-2-3-5-12-10-8(15(16)17)9(11)13-7-14-10/h7H,2-6H2,1H3,(H3,11,12,13,14). The van der Waals surface area contributed by atoms with E-state index in [1.54, 1.807) is 7.11 Å². The molecular weight excluding hydrogens is 238 g/mol. The lowest BCUT2D eigenvalue weighted by molar-refractivity contribution is -0.383. The van der Waals surface area contributed by atoms with Crippen molar-refractivity contribution in [2.24, 2.45) is 0 Å². The first-order chi connectivity index (χ1) is 8.66. The smallest absolute Gasteiger partial charge is 0.352 e. The average Bonchev–Trinajstić information content (AvgIpc) is 2.33. The Morgan fingerprint density at radius 1 is 1.44 bits per heavy atom. The zero-order valence-corrected chi connectivity index (χ0v) is 10.3. The van der Waals surface area contributed by atoms with E-state index in [2.05, 4.69) is 15.3 Å². The number of nitrogens with two attached hydrogens (primary N) is 1. The van der Waals surface area contributed by atoms with Crippen LogP contribution in [0.4, 0.5) is 17.3 Å². The van der Waals surface area contributed by atoms with Gasteiger partial charge in [0.1, 0.15) is 6.33 Å². The second-order valence-electron chi connectivity index (χ2n) is 3.69. The van der Waals surface area contributed by atoms with Gasteiger partial charge in [-0.2, -0.15) is 0 Å². The van der Waals surface area contributed by atoms with Gasteiger partial charge in [-0.3, -0.25) is 10.1 Å². The van der Waals surface area contributed by atoms with Crippen LogP contribution in [-0.4, -0.2) is 35.2 Å². The molecule has 1 heterocycles. The molecule has 8 nitrogen and oxygen atoms in total. The van der Waals surface area contributed by atoms with Crippen molar-refractivity contribution in [3.8, 4) is 0 Å². The van der Waals surface area contributed by atoms with E-state index in [0.29, 0.717) is 6.54 Å². The van der Waals surface area contributed by atoms with Crippen LogP contribution in [0.2, 0.25) is 0 Å². The molecule has 3 N–H and O–H groups in total. The Morgan fingerprint density at radius 3 is 2.89 bits per heavy atom. The number of nitrogen functional groups attached to an aromatic ring is 1. The van der Waals surface area contributed by atoms with E-state index >= 15 is 0 Å². The molecule has 0 fully saturated rings. The summed E-state index contributed by atoms with van der Waals surface area (Å²) in [6.45, 7) is 1.32. The van der Waals surface area contributed by atoms with E-state index in [1.807, 2.05) is 0 Å². The maximum atomic E-state index is 10.8. The number of nitrogens with zero attached hydrogens (tertiary/aromatic N) is 3. The summed E-state index contributed by atoms with van der Waals surface area (Å²) in [6.07, 6.45) is 4.03. The summed E-state index contributed by atoms with van der Waals surface area (Å²) in [5.74, 6) is 0.0381. The van der Waals surface area contributed by atoms with Crippen molar-refractivity contribution in [3.63, 3.8) is 0 Å². The van der Waals surface area contributed by atoms with E-state index in [9.17, 15) is 10.1 Å². The number of rotatable bonds is 8. The maximum absolute atomic E-state index is 10.8. The Hall–Kier alpha value is -1.96. The fourth-order valence-electron chi connectivity index (χ4n) is 1.46. The SMILES string of the molecule is COCCCCCNc1ncnc(N)c1[N+](=O)[O-]. The highest BCUT2D eigenvalue weighted by molar-refractivity contribution is 5.67. The van der Waals surface area contributed by atoms with Crippen molar-refractivity contribution >= 4 is 17.3 Å². The van der Waals surface area contributed by atoms with Gasteiger partial charge < -0.3 is 15.8 Å². The van der Waals surface area contributed by atoms with Gasteiger partial charge in [-0.1, -0.05) is 0 Å². The highest BCUT2D eigenvalue weighted by Gasteiger charge is 2.20. The van der Waals surface area contributed by atoms with Crippen molar-refractivity contribution in [1.29, 1.82) is 0 Å². The number of ether oxygens (including phenoxy) is 1. The Balaban J connectivity index is 2.47. The molecule has 0 unspecified atom stereocenters. The summed E-state index contributed by atoms with van der Waals surface area (Å²) in [7, 11) is 1.66. The van der Waals surface area contributed by atoms with Crippen LogP contribution in [0.3, 0.4) is 0 Å². The van der Waals surface area contributed by atoms with Gasteiger partial charge >= 0.3 is 5.69 Å². The molecule has 8 heteroatoms. The van der Waals surface area contributed by atoms with E-state index in [1.165, 1.54) is 6.33 Å². The first-order valence-corrected chi connectivity index (χ1v) is 5.64. The van der Waals surface area contributed by atoms with Crippen LogP contribution in [-0.2, 0) is 4.74 Å². The summed E-state index contributed by atoms with van der Waals surface area (Å²) < 4.78 is 4.93. The molecule has 0 atom stereocenters. The molecule has 0 radical (unpaired) electrons. The molecule has 0 aromatic carbocycles. The Bertz CT molecular complexity index is 399. The van der Waals surface area contributed by atoms with E-state index in [0.717, 1.165) is 25.9 Å². The molecule has 18 heavy (non-hydrogen) atoms. The molecule has 0 aliphatic rings. The van der Waals surface area contributed by atoms with E-state index in [-0.39, 0.29) is 17.3 Å². The lowest BCUT2D eigenvalue weighted by Crippen LogP contribution is -2.09. The zero-order chi connectivity index (χ0) is 13.4. The van der Waals surface area contributed by atoms with Crippen LogP contribution in [0.15, 0.2) is 6.33 Å². The molecule has 0 saturated heterocycles. The first-order valence-electron chi connectivity index (χ1n) is 5.64. The van der Waals surface area contributed by atoms with Crippen molar-refractivity contribution in [2.45, 2.75) is 19.3 Å². The first kappa shape index (κ1) is 14.1. The number of hydrogen-bond acceptors (Lipinski definition) is 7. The molecule has 0 aliphatic carbocycles. The van der Waals surface area contributed by atoms with E-state index in [4.69, 9.17) is 10.5 Å². The summed E-state index contributed by atoms with van der Waals surface area (Å²) >= 11 is 0. The lowest BCUT2D eigenvalue weighted by Gasteiger charge is -2.06. The highest BCUT2D eigenvalue weighted by Crippen LogP contribution is 2.25. The topological polar surface area (TPSA) is 116 Å². The van der Waals surface area contributed by atoms with Crippen LogP contribution in [0.1, 0.15) is 19.3 Å². The monoisotopic (exact) mass is 255 g/mol. The summed E-state index contributed by atoms with van der Waals surface area (Å²) in [5.41, 5.74) is 5.17. The Labute approximate surface area is 105 Å². The third kappa shape index (κ3) is 4.13. The molecule has 0 aliphatic heterocycles. The van der Waals surface area contributed by atoms with Gasteiger partial charge in [-0.15, -0.1) is 0 Å². The second kappa shape index (κ2) is 7.38. The van der Waals surface area contributed by atoms with Crippen molar-refractivity contribution in [1.82, 2.24) is 9.97 Å². The van der Waals surface area contributed by atoms with Gasteiger partial charge in [-0.05, 0) is 19.3 Å². The molecule has 1 aromatic heterocycles. The van der Waals surface area contributed by atoms with Crippen LogP contribution in [0.25, 0.3) is 0 Å². The van der Waals surface area contributed by atoms with Crippen LogP contribution >= 0.6 is 0 Å². The van der Waals surface area contributed by atoms with Gasteiger partial charge in [0.15, 0.2) is 0 Å². The quantitative estimate of drug-likeness (QED) is 0.407. The van der Waals surface area contributed by atoms with Crippen molar-refractivity contribution in [2.75, 3.05) is 31.3 Å². The number of nitrogens with one attached hydrogen (secondary N) is 1. The lowest BCUT2D eigenvalue weighted by atomic mass is 10.2. The minimum absolute atomic E-state index is 0.128. The minimum Gasteiger partial charge on any atom is -0.385 e. The Kier molecular flexibility index (Phi) is 5.78. The van der Waals surface area contributed by atoms with Crippen LogP contribution in [0.5, 0.6) is 0 Å². The summed E-state index contributed by atoms with van der Waals surface area (Å²) in [6, 6.07) is 0. The van der Waals surface area contributed by atoms with Crippen molar-refractivity contribution < 1.29 is 9.66 Å². The number of aromatic nitrogens is 2. The van der Waals surface area contributed by atoms with E-state index < -0.39 is 4.92 Å². The van der Waals surface area contributed by atoms with Crippen molar-refractivity contribution in [3.05, 3.63) is 16.4 Å². The number of hydrogen-bond donors (Lipinski definition) is 2. The predicted molar refractivity (Wildman–Crippen MR) is 67.3 cm³/mol. The fourth-order valence-corrected chi connectivity index (χ4v) is 1.46. The molecule has 0 amide bonds. The average molecular weight is 255 g/mol. The number of unbranched alkanes of at least 4 members (excludes halogenated alkanes) is 2. The minimum atomic E-state index is -0.581. The zero-order valence-electron chi connectivity index (χ0n) is 10.3. The molecular formula is C10H17N5O3. The molecule has 100 valence electrons. The van der Waals surface area contributed by atoms with Crippen LogP contribution in [0, 0.1) is 10.1 Å². The summed E-state index contributed by atoms with van der Waals surface area (Å²) in [5, 5.41) is 13.7. The molecule has 0 bridgehead atoms. The second-order valence-corrected chi connectivity index (χ2v) is 3.69. The third-order valence-corrected chi connectivity index (χ3v) is 2.35. The third-order valence-electron chi connectivity index (χ3n) is 2.35. The van der Waals surface area contributed by atoms with Gasteiger partial charge in [0.05, 0.1) is 4.92 Å². The van der Waals surface area contributed by atoms with Gasteiger partial charge in [0.25, 0.3) is 0 Å². The molecule has 0 spiro atoms. The number of nitro groups is 1. The summed E-state index contributed by atoms with van der Waals surface area (Å²) in [4.78, 5) is 17.6. The molecule has 1 rings (SSSR count). The molecule has 1 aromatic rings. The van der Waals surface area contributed by atoms with Gasteiger partial charge in [0.2, 0.25) is 11.6 Å². The largest absolute Gasteiger partial charge is 0.385 e. The normalized spacial score (nSPS) is 10.3. The van der Waals surface area contributed by atoms with Gasteiger partial charge in [0, 0.05) is 20.3 Å². The van der Waals surface area contributed by atoms with Crippen LogP contribution < -0.4 is 11.1 Å². The Morgan fingerprint density at radius 2 is 2.22 bits per heavy atom. The maximum Gasteiger partial charge on any atom is 0.352 e.